The SMILES string of the molecule is Cc1c(N)ccc(N)c1C.Nc1ccc(N(CCO)CCO)cc1. The van der Waals surface area contributed by atoms with Crippen LogP contribution in [0.4, 0.5) is 22.7 Å². The monoisotopic (exact) mass is 332 g/mol. The minimum atomic E-state index is 0.0738. The lowest BCUT2D eigenvalue weighted by Gasteiger charge is -2.22. The molecule has 0 unspecified atom stereocenters. The first-order valence-electron chi connectivity index (χ1n) is 7.84. The van der Waals surface area contributed by atoms with Gasteiger partial charge in [0, 0.05) is 35.8 Å². The van der Waals surface area contributed by atoms with Gasteiger partial charge in [-0.3, -0.25) is 0 Å². The van der Waals surface area contributed by atoms with Crippen molar-refractivity contribution in [2.75, 3.05) is 48.4 Å². The third-order valence-electron chi connectivity index (χ3n) is 3.87. The number of rotatable bonds is 5. The number of aliphatic hydroxyl groups excluding tert-OH is 2. The smallest absolute Gasteiger partial charge is 0.0606 e. The summed E-state index contributed by atoms with van der Waals surface area (Å²) < 4.78 is 0. The van der Waals surface area contributed by atoms with E-state index in [0.29, 0.717) is 18.8 Å². The number of aliphatic hydroxyl groups is 2. The van der Waals surface area contributed by atoms with Gasteiger partial charge in [-0.25, -0.2) is 0 Å². The molecule has 0 saturated heterocycles. The first-order chi connectivity index (χ1) is 11.4. The van der Waals surface area contributed by atoms with Crippen LogP contribution in [0.2, 0.25) is 0 Å². The number of hydrogen-bond donors (Lipinski definition) is 5. The molecular weight excluding hydrogens is 304 g/mol. The van der Waals surface area contributed by atoms with Gasteiger partial charge in [0.15, 0.2) is 0 Å². The maximum Gasteiger partial charge on any atom is 0.0606 e. The van der Waals surface area contributed by atoms with Gasteiger partial charge in [0.2, 0.25) is 0 Å². The van der Waals surface area contributed by atoms with Crippen molar-refractivity contribution in [1.29, 1.82) is 0 Å². The molecule has 2 aromatic carbocycles. The topological polar surface area (TPSA) is 122 Å². The number of nitrogens with two attached hydrogens (primary N) is 3. The zero-order chi connectivity index (χ0) is 18.1. The molecule has 0 aromatic heterocycles. The van der Waals surface area contributed by atoms with E-state index in [2.05, 4.69) is 0 Å². The molecule has 2 aromatic rings. The molecule has 0 spiro atoms. The highest BCUT2D eigenvalue weighted by Crippen LogP contribution is 2.20. The summed E-state index contributed by atoms with van der Waals surface area (Å²) in [4.78, 5) is 1.90. The van der Waals surface area contributed by atoms with Crippen LogP contribution in [-0.4, -0.2) is 36.5 Å². The van der Waals surface area contributed by atoms with Crippen LogP contribution in [0.3, 0.4) is 0 Å². The van der Waals surface area contributed by atoms with E-state index in [-0.39, 0.29) is 13.2 Å². The summed E-state index contributed by atoms with van der Waals surface area (Å²) in [5.41, 5.74) is 22.3. The predicted octanol–water partition coefficient (Wildman–Crippen LogP) is 1.53. The van der Waals surface area contributed by atoms with Gasteiger partial charge in [0.1, 0.15) is 0 Å². The van der Waals surface area contributed by atoms with E-state index in [1.54, 1.807) is 12.1 Å². The van der Waals surface area contributed by atoms with E-state index >= 15 is 0 Å². The van der Waals surface area contributed by atoms with E-state index in [1.165, 1.54) is 0 Å². The number of benzene rings is 2. The van der Waals surface area contributed by atoms with Gasteiger partial charge in [-0.05, 0) is 61.4 Å². The van der Waals surface area contributed by atoms with Crippen LogP contribution in [0.25, 0.3) is 0 Å². The van der Waals surface area contributed by atoms with Gasteiger partial charge in [0.05, 0.1) is 13.2 Å². The maximum atomic E-state index is 8.83. The van der Waals surface area contributed by atoms with Gasteiger partial charge < -0.3 is 32.3 Å². The molecule has 0 saturated carbocycles. The van der Waals surface area contributed by atoms with Crippen LogP contribution in [0.1, 0.15) is 11.1 Å². The highest BCUT2D eigenvalue weighted by atomic mass is 16.3. The Morgan fingerprint density at radius 1 is 0.750 bits per heavy atom. The van der Waals surface area contributed by atoms with Crippen LogP contribution < -0.4 is 22.1 Å². The van der Waals surface area contributed by atoms with Crippen molar-refractivity contribution in [2.45, 2.75) is 13.8 Å². The van der Waals surface area contributed by atoms with Gasteiger partial charge in [-0.15, -0.1) is 0 Å². The molecule has 0 heterocycles. The van der Waals surface area contributed by atoms with Crippen molar-refractivity contribution in [2.24, 2.45) is 0 Å². The van der Waals surface area contributed by atoms with Crippen LogP contribution in [0, 0.1) is 13.8 Å². The second-order valence-electron chi connectivity index (χ2n) is 5.52. The zero-order valence-electron chi connectivity index (χ0n) is 14.4. The second-order valence-corrected chi connectivity index (χ2v) is 5.52. The van der Waals surface area contributed by atoms with E-state index in [0.717, 1.165) is 28.2 Å². The summed E-state index contributed by atoms with van der Waals surface area (Å²) in [7, 11) is 0. The summed E-state index contributed by atoms with van der Waals surface area (Å²) in [6, 6.07) is 11.0. The minimum absolute atomic E-state index is 0.0738. The van der Waals surface area contributed by atoms with Gasteiger partial charge >= 0.3 is 0 Å². The minimum Gasteiger partial charge on any atom is -0.399 e. The van der Waals surface area contributed by atoms with Crippen molar-refractivity contribution in [1.82, 2.24) is 0 Å². The molecule has 132 valence electrons. The summed E-state index contributed by atoms with van der Waals surface area (Å²) in [5.74, 6) is 0. The Bertz CT molecular complexity index is 597. The molecule has 0 aliphatic rings. The van der Waals surface area contributed by atoms with Crippen molar-refractivity contribution < 1.29 is 10.2 Å². The standard InChI is InChI=1S/C10H16N2O2.C8H12N2/c11-9-1-3-10(4-2-9)12(5-7-13)6-8-14;1-5-6(2)8(10)4-3-7(5)9/h1-4,13-14H,5-8,11H2;3-4H,9-10H2,1-2H3. The highest BCUT2D eigenvalue weighted by Gasteiger charge is 2.04. The van der Waals surface area contributed by atoms with E-state index in [4.69, 9.17) is 27.4 Å². The first-order valence-corrected chi connectivity index (χ1v) is 7.84. The summed E-state index contributed by atoms with van der Waals surface area (Å²) in [5, 5.41) is 17.7. The fourth-order valence-corrected chi connectivity index (χ4v) is 2.16. The van der Waals surface area contributed by atoms with Crippen LogP contribution in [0.15, 0.2) is 36.4 Å². The average molecular weight is 332 g/mol. The molecule has 0 amide bonds. The Morgan fingerprint density at radius 3 is 1.54 bits per heavy atom. The molecule has 0 aliphatic heterocycles. The lowest BCUT2D eigenvalue weighted by Crippen LogP contribution is -2.29. The molecule has 0 aliphatic carbocycles. The Balaban J connectivity index is 0.000000254. The fraction of sp³-hybridized carbons (Fsp3) is 0.333. The van der Waals surface area contributed by atoms with Crippen molar-refractivity contribution in [3.63, 3.8) is 0 Å². The molecule has 0 bridgehead atoms. The maximum absolute atomic E-state index is 8.83. The third-order valence-corrected chi connectivity index (χ3v) is 3.87. The van der Waals surface area contributed by atoms with E-state index < -0.39 is 0 Å². The third kappa shape index (κ3) is 5.64. The lowest BCUT2D eigenvalue weighted by atomic mass is 10.1. The molecule has 0 fully saturated rings. The molecule has 2 rings (SSSR count). The number of nitrogen functional groups attached to an aromatic ring is 3. The van der Waals surface area contributed by atoms with Crippen LogP contribution in [-0.2, 0) is 0 Å². The average Bonchev–Trinajstić information content (AvgIpc) is 2.58. The largest absolute Gasteiger partial charge is 0.399 e. The van der Waals surface area contributed by atoms with Gasteiger partial charge in [-0.1, -0.05) is 0 Å². The molecule has 6 heteroatoms. The zero-order valence-corrected chi connectivity index (χ0v) is 14.4. The molecule has 24 heavy (non-hydrogen) atoms. The van der Waals surface area contributed by atoms with Crippen LogP contribution in [0.5, 0.6) is 0 Å². The Morgan fingerprint density at radius 2 is 1.17 bits per heavy atom. The number of nitrogens with zero attached hydrogens (tertiary/aromatic N) is 1. The predicted molar refractivity (Wildman–Crippen MR) is 102 cm³/mol. The molecule has 8 N–H and O–H groups in total. The van der Waals surface area contributed by atoms with E-state index in [9.17, 15) is 0 Å². The summed E-state index contributed by atoms with van der Waals surface area (Å²) in [6.07, 6.45) is 0. The normalized spacial score (nSPS) is 10.0. The van der Waals surface area contributed by atoms with Crippen molar-refractivity contribution in [3.8, 4) is 0 Å². The van der Waals surface area contributed by atoms with Gasteiger partial charge in [0.25, 0.3) is 0 Å². The number of hydrogen-bond acceptors (Lipinski definition) is 6. The van der Waals surface area contributed by atoms with Crippen molar-refractivity contribution in [3.05, 3.63) is 47.5 Å². The molecular formula is C18H28N4O2. The van der Waals surface area contributed by atoms with E-state index in [1.807, 2.05) is 43.0 Å². The first kappa shape index (κ1) is 19.6. The van der Waals surface area contributed by atoms with Gasteiger partial charge in [-0.2, -0.15) is 0 Å². The molecule has 0 radical (unpaired) electrons. The molecule has 6 nitrogen and oxygen atoms in total. The summed E-state index contributed by atoms with van der Waals surface area (Å²) >= 11 is 0. The Labute approximate surface area is 143 Å². The Hall–Kier alpha value is -2.44. The molecule has 0 atom stereocenters. The number of anilines is 4. The highest BCUT2D eigenvalue weighted by molar-refractivity contribution is 5.60. The second kappa shape index (κ2) is 9.64. The van der Waals surface area contributed by atoms with Crippen LogP contribution >= 0.6 is 0 Å². The fourth-order valence-electron chi connectivity index (χ4n) is 2.16. The quantitative estimate of drug-likeness (QED) is 0.529. The lowest BCUT2D eigenvalue weighted by molar-refractivity contribution is 0.281. The Kier molecular flexibility index (Phi) is 7.88. The van der Waals surface area contributed by atoms with Crippen molar-refractivity contribution >= 4 is 22.7 Å². The summed E-state index contributed by atoms with van der Waals surface area (Å²) in [6.45, 7) is 5.13.